The number of carboxylic acid groups (broad SMARTS) is 1. The summed E-state index contributed by atoms with van der Waals surface area (Å²) < 4.78 is 5.84. The van der Waals surface area contributed by atoms with Gasteiger partial charge in [0.25, 0.3) is 0 Å². The summed E-state index contributed by atoms with van der Waals surface area (Å²) in [5.41, 5.74) is 7.20. The fourth-order valence-corrected chi connectivity index (χ4v) is 2.40. The first-order valence-corrected chi connectivity index (χ1v) is 7.28. The predicted octanol–water partition coefficient (Wildman–Crippen LogP) is 2.94. The number of aromatic nitrogens is 2. The van der Waals surface area contributed by atoms with E-state index in [9.17, 15) is 9.90 Å². The second kappa shape index (κ2) is 6.24. The zero-order chi connectivity index (χ0) is 17.2. The Bertz CT molecular complexity index is 736. The quantitative estimate of drug-likeness (QED) is 0.900. The summed E-state index contributed by atoms with van der Waals surface area (Å²) in [7, 11) is 0. The van der Waals surface area contributed by atoms with Crippen molar-refractivity contribution in [3.05, 3.63) is 46.8 Å². The van der Waals surface area contributed by atoms with Gasteiger partial charge in [-0.1, -0.05) is 39.0 Å². The minimum atomic E-state index is -1.09. The third-order valence-corrected chi connectivity index (χ3v) is 3.46. The van der Waals surface area contributed by atoms with Crippen LogP contribution in [0.5, 0.6) is 5.75 Å². The Hall–Kier alpha value is -2.63. The third-order valence-electron chi connectivity index (χ3n) is 3.46. The van der Waals surface area contributed by atoms with Crippen LogP contribution in [0.4, 0.5) is 5.95 Å². The molecule has 23 heavy (non-hydrogen) atoms. The number of carbonyl (C=O) groups is 1. The monoisotopic (exact) mass is 315 g/mol. The van der Waals surface area contributed by atoms with E-state index in [4.69, 9.17) is 10.5 Å². The molecule has 0 spiro atoms. The predicted molar refractivity (Wildman–Crippen MR) is 87.6 cm³/mol. The number of hydrogen-bond donors (Lipinski definition) is 2. The molecule has 0 amide bonds. The maximum atomic E-state index is 11.4. The van der Waals surface area contributed by atoms with Crippen molar-refractivity contribution in [1.82, 2.24) is 9.97 Å². The van der Waals surface area contributed by atoms with Crippen molar-refractivity contribution in [2.75, 3.05) is 5.73 Å². The Morgan fingerprint density at radius 2 is 1.91 bits per heavy atom. The highest BCUT2D eigenvalue weighted by Gasteiger charge is 2.21. The molecule has 0 radical (unpaired) electrons. The Morgan fingerprint density at radius 1 is 1.26 bits per heavy atom. The molecule has 0 saturated heterocycles. The van der Waals surface area contributed by atoms with Gasteiger partial charge in [-0.05, 0) is 24.0 Å². The maximum Gasteiger partial charge on any atom is 0.339 e. The molecule has 6 nitrogen and oxygen atoms in total. The van der Waals surface area contributed by atoms with Gasteiger partial charge in [0, 0.05) is 0 Å². The molecule has 0 atom stereocenters. The summed E-state index contributed by atoms with van der Waals surface area (Å²) in [4.78, 5) is 19.3. The van der Waals surface area contributed by atoms with Crippen LogP contribution in [-0.2, 0) is 12.0 Å². The number of aryl methyl sites for hydroxylation is 1. The highest BCUT2D eigenvalue weighted by Crippen LogP contribution is 2.31. The van der Waals surface area contributed by atoms with Crippen LogP contribution in [0.3, 0.4) is 0 Å². The first-order chi connectivity index (χ1) is 10.7. The van der Waals surface area contributed by atoms with E-state index in [1.165, 1.54) is 0 Å². The number of hydrogen-bond acceptors (Lipinski definition) is 5. The fraction of sp³-hybridized carbons (Fsp3) is 0.353. The van der Waals surface area contributed by atoms with Crippen molar-refractivity contribution >= 4 is 11.9 Å². The lowest BCUT2D eigenvalue weighted by Crippen LogP contribution is -2.16. The molecule has 3 N–H and O–H groups in total. The molecule has 1 aromatic carbocycles. The van der Waals surface area contributed by atoms with Crippen LogP contribution >= 0.6 is 0 Å². The van der Waals surface area contributed by atoms with Gasteiger partial charge in [0.05, 0.1) is 11.4 Å². The molecular weight excluding hydrogens is 294 g/mol. The van der Waals surface area contributed by atoms with Crippen molar-refractivity contribution < 1.29 is 14.6 Å². The van der Waals surface area contributed by atoms with Crippen LogP contribution < -0.4 is 10.5 Å². The minimum Gasteiger partial charge on any atom is -0.487 e. The summed E-state index contributed by atoms with van der Waals surface area (Å²) in [5, 5.41) is 9.34. The van der Waals surface area contributed by atoms with Gasteiger partial charge in [-0.2, -0.15) is 0 Å². The molecule has 122 valence electrons. The first kappa shape index (κ1) is 16.7. The van der Waals surface area contributed by atoms with Crippen molar-refractivity contribution in [3.63, 3.8) is 0 Å². The molecule has 0 aliphatic heterocycles. The van der Waals surface area contributed by atoms with E-state index in [0.29, 0.717) is 11.4 Å². The lowest BCUT2D eigenvalue weighted by Gasteiger charge is -2.22. The third kappa shape index (κ3) is 3.77. The summed E-state index contributed by atoms with van der Waals surface area (Å²) in [6, 6.07) is 7.68. The van der Waals surface area contributed by atoms with E-state index < -0.39 is 5.97 Å². The van der Waals surface area contributed by atoms with E-state index in [-0.39, 0.29) is 29.2 Å². The molecule has 2 aromatic rings. The first-order valence-electron chi connectivity index (χ1n) is 7.28. The van der Waals surface area contributed by atoms with E-state index in [2.05, 4.69) is 30.7 Å². The minimum absolute atomic E-state index is 0.0162. The molecule has 0 aliphatic rings. The number of para-hydroxylation sites is 1. The number of nitrogens with zero attached hydrogens (tertiary/aromatic N) is 2. The zero-order valence-electron chi connectivity index (χ0n) is 13.8. The lowest BCUT2D eigenvalue weighted by molar-refractivity contribution is 0.0691. The smallest absolute Gasteiger partial charge is 0.339 e. The van der Waals surface area contributed by atoms with Crippen LogP contribution in [0.2, 0.25) is 0 Å². The Labute approximate surface area is 135 Å². The van der Waals surface area contributed by atoms with Crippen LogP contribution in [0.15, 0.2) is 24.3 Å². The molecule has 1 aromatic heterocycles. The normalized spacial score (nSPS) is 11.3. The molecule has 6 heteroatoms. The number of aromatic carboxylic acids is 1. The topological polar surface area (TPSA) is 98.3 Å². The van der Waals surface area contributed by atoms with Gasteiger partial charge in [-0.25, -0.2) is 14.8 Å². The second-order valence-corrected chi connectivity index (χ2v) is 6.33. The Balaban J connectivity index is 2.35. The fourth-order valence-electron chi connectivity index (χ4n) is 2.40. The van der Waals surface area contributed by atoms with Gasteiger partial charge in [0.2, 0.25) is 5.95 Å². The molecule has 0 unspecified atom stereocenters. The van der Waals surface area contributed by atoms with Gasteiger partial charge in [-0.15, -0.1) is 0 Å². The summed E-state index contributed by atoms with van der Waals surface area (Å²) >= 11 is 0. The van der Waals surface area contributed by atoms with E-state index in [1.54, 1.807) is 6.92 Å². The number of nitrogens with two attached hydrogens (primary N) is 1. The van der Waals surface area contributed by atoms with Crippen molar-refractivity contribution in [3.8, 4) is 5.75 Å². The average Bonchev–Trinajstić information content (AvgIpc) is 2.43. The van der Waals surface area contributed by atoms with Gasteiger partial charge in [0.1, 0.15) is 17.9 Å². The van der Waals surface area contributed by atoms with Crippen molar-refractivity contribution in [1.29, 1.82) is 0 Å². The Morgan fingerprint density at radius 3 is 2.52 bits per heavy atom. The number of anilines is 1. The molecule has 0 fully saturated rings. The van der Waals surface area contributed by atoms with Gasteiger partial charge < -0.3 is 15.6 Å². The number of rotatable bonds is 4. The average molecular weight is 315 g/mol. The number of benzene rings is 1. The highest BCUT2D eigenvalue weighted by atomic mass is 16.5. The molecule has 1 heterocycles. The largest absolute Gasteiger partial charge is 0.487 e. The van der Waals surface area contributed by atoms with Crippen LogP contribution in [0.25, 0.3) is 0 Å². The molecule has 2 rings (SSSR count). The number of carboxylic acids is 1. The highest BCUT2D eigenvalue weighted by molar-refractivity contribution is 5.90. The molecule has 0 bridgehead atoms. The van der Waals surface area contributed by atoms with Crippen LogP contribution in [0.1, 0.15) is 48.1 Å². The van der Waals surface area contributed by atoms with Crippen molar-refractivity contribution in [2.45, 2.75) is 39.7 Å². The second-order valence-electron chi connectivity index (χ2n) is 6.33. The van der Waals surface area contributed by atoms with E-state index in [1.807, 2.05) is 24.3 Å². The summed E-state index contributed by atoms with van der Waals surface area (Å²) in [6.45, 7) is 7.87. The standard InChI is InChI=1S/C17H21N3O3/c1-10-14(15(21)22)12(20-16(18)19-10)9-23-13-8-6-5-7-11(13)17(2,3)4/h5-8H,9H2,1-4H3,(H,21,22)(H2,18,19,20). The summed E-state index contributed by atoms with van der Waals surface area (Å²) in [6.07, 6.45) is 0. The molecular formula is C17H21N3O3. The van der Waals surface area contributed by atoms with Crippen LogP contribution in [-0.4, -0.2) is 21.0 Å². The number of ether oxygens (including phenoxy) is 1. The SMILES string of the molecule is Cc1nc(N)nc(COc2ccccc2C(C)(C)C)c1C(=O)O. The van der Waals surface area contributed by atoms with E-state index in [0.717, 1.165) is 5.56 Å². The Kier molecular flexibility index (Phi) is 4.54. The lowest BCUT2D eigenvalue weighted by atomic mass is 9.86. The zero-order valence-corrected chi connectivity index (χ0v) is 13.8. The number of nitrogen functional groups attached to an aromatic ring is 1. The van der Waals surface area contributed by atoms with Crippen molar-refractivity contribution in [2.24, 2.45) is 0 Å². The maximum absolute atomic E-state index is 11.4. The molecule has 0 aliphatic carbocycles. The summed E-state index contributed by atoms with van der Waals surface area (Å²) in [5.74, 6) is -0.355. The molecule has 0 saturated carbocycles. The van der Waals surface area contributed by atoms with Gasteiger partial charge in [-0.3, -0.25) is 0 Å². The van der Waals surface area contributed by atoms with Gasteiger partial charge in [0.15, 0.2) is 0 Å². The van der Waals surface area contributed by atoms with Crippen LogP contribution in [0, 0.1) is 6.92 Å². The van der Waals surface area contributed by atoms with Gasteiger partial charge >= 0.3 is 5.97 Å². The van der Waals surface area contributed by atoms with E-state index >= 15 is 0 Å².